The van der Waals surface area contributed by atoms with Crippen LogP contribution in [0.2, 0.25) is 0 Å². The Balaban J connectivity index is 1.61. The van der Waals surface area contributed by atoms with Gasteiger partial charge in [0, 0.05) is 52.9 Å². The minimum atomic E-state index is -0.473. The van der Waals surface area contributed by atoms with Gasteiger partial charge in [-0.2, -0.15) is 23.5 Å². The van der Waals surface area contributed by atoms with E-state index in [9.17, 15) is 14.9 Å². The number of H-pyrrole nitrogens is 2. The third kappa shape index (κ3) is 8.54. The molecular weight excluding hydrogens is 408 g/mol. The molecule has 0 radical (unpaired) electrons. The molecule has 27 heavy (non-hydrogen) atoms. The highest BCUT2D eigenvalue weighted by atomic mass is 32.2. The molecule has 0 atom stereocenters. The smallest absolute Gasteiger partial charge is 0.304 e. The summed E-state index contributed by atoms with van der Waals surface area (Å²) in [6.45, 7) is 3.19. The Morgan fingerprint density at radius 1 is 1.33 bits per heavy atom. The summed E-state index contributed by atoms with van der Waals surface area (Å²) in [5, 5.41) is 18.7. The van der Waals surface area contributed by atoms with E-state index in [4.69, 9.17) is 0 Å². The number of nitrogens with zero attached hydrogens (tertiary/aromatic N) is 2. The van der Waals surface area contributed by atoms with E-state index in [0.29, 0.717) is 24.7 Å². The maximum Gasteiger partial charge on any atom is 0.304 e. The van der Waals surface area contributed by atoms with Gasteiger partial charge in [0.25, 0.3) is 6.20 Å². The maximum absolute atomic E-state index is 11.1. The molecule has 0 bridgehead atoms. The van der Waals surface area contributed by atoms with E-state index in [2.05, 4.69) is 25.6 Å². The van der Waals surface area contributed by atoms with Crippen molar-refractivity contribution in [3.8, 4) is 0 Å². The van der Waals surface area contributed by atoms with Crippen molar-refractivity contribution in [2.45, 2.75) is 18.4 Å². The Morgan fingerprint density at radius 3 is 2.59 bits per heavy atom. The molecule has 0 saturated carbocycles. The Morgan fingerprint density at radius 2 is 2.04 bits per heavy atom. The highest BCUT2D eigenvalue weighted by molar-refractivity contribution is 7.98. The first-order valence-electron chi connectivity index (χ1n) is 8.18. The number of hydrogen-bond donors (Lipinski definition) is 4. The summed E-state index contributed by atoms with van der Waals surface area (Å²) in [6, 6.07) is 0. The fourth-order valence-corrected chi connectivity index (χ4v) is 4.37. The van der Waals surface area contributed by atoms with E-state index in [1.54, 1.807) is 29.9 Å². The first-order chi connectivity index (χ1) is 13.0. The molecule has 0 amide bonds. The van der Waals surface area contributed by atoms with Gasteiger partial charge in [0.2, 0.25) is 0 Å². The molecule has 0 unspecified atom stereocenters. The van der Waals surface area contributed by atoms with Crippen LogP contribution in [0.5, 0.6) is 0 Å². The summed E-state index contributed by atoms with van der Waals surface area (Å²) < 4.78 is 0. The molecule has 4 N–H and O–H groups in total. The fourth-order valence-electron chi connectivity index (χ4n) is 2.04. The molecule has 148 valence electrons. The number of hydrogen-bond acceptors (Lipinski definition) is 9. The van der Waals surface area contributed by atoms with E-state index in [1.807, 2.05) is 12.3 Å². The van der Waals surface area contributed by atoms with Crippen LogP contribution in [0.3, 0.4) is 0 Å². The zero-order valence-electron chi connectivity index (χ0n) is 14.8. The average Bonchev–Trinajstić information content (AvgIpc) is 3.21. The molecule has 0 aromatic carbocycles. The van der Waals surface area contributed by atoms with Crippen molar-refractivity contribution in [1.29, 1.82) is 0 Å². The van der Waals surface area contributed by atoms with Crippen molar-refractivity contribution in [2.75, 3.05) is 24.6 Å². The van der Waals surface area contributed by atoms with Gasteiger partial charge in [0.05, 0.1) is 16.9 Å². The van der Waals surface area contributed by atoms with E-state index < -0.39 is 4.92 Å². The second-order valence-electron chi connectivity index (χ2n) is 5.43. The predicted molar refractivity (Wildman–Crippen MR) is 112 cm³/mol. The number of nitrogens with one attached hydrogen (secondary N) is 4. The second-order valence-corrected chi connectivity index (χ2v) is 8.49. The molecule has 0 aliphatic carbocycles. The molecule has 2 aromatic rings. The quantitative estimate of drug-likeness (QED) is 0.215. The molecule has 0 aliphatic rings. The summed E-state index contributed by atoms with van der Waals surface area (Å²) in [6.07, 6.45) is 2.63. The van der Waals surface area contributed by atoms with Crippen LogP contribution in [0.25, 0.3) is 0 Å². The third-order valence-corrected chi connectivity index (χ3v) is 6.06. The molecule has 12 heteroatoms. The van der Waals surface area contributed by atoms with Gasteiger partial charge >= 0.3 is 4.87 Å². The van der Waals surface area contributed by atoms with Crippen LogP contribution < -0.4 is 15.5 Å². The van der Waals surface area contributed by atoms with Crippen LogP contribution >= 0.6 is 34.9 Å². The topological polar surface area (TPSA) is 129 Å². The van der Waals surface area contributed by atoms with Crippen molar-refractivity contribution in [3.63, 3.8) is 0 Å². The molecule has 2 heterocycles. The van der Waals surface area contributed by atoms with Crippen molar-refractivity contribution in [2.24, 2.45) is 0 Å². The van der Waals surface area contributed by atoms with Gasteiger partial charge in [-0.1, -0.05) is 11.3 Å². The van der Waals surface area contributed by atoms with Gasteiger partial charge in [-0.25, -0.2) is 4.98 Å². The molecule has 0 spiro atoms. The third-order valence-electron chi connectivity index (χ3n) is 3.36. The first-order valence-corrected chi connectivity index (χ1v) is 11.4. The highest BCUT2D eigenvalue weighted by Crippen LogP contribution is 2.12. The summed E-state index contributed by atoms with van der Waals surface area (Å²) in [7, 11) is 0. The van der Waals surface area contributed by atoms with Gasteiger partial charge in [-0.05, 0) is 6.92 Å². The molecule has 0 fully saturated rings. The second kappa shape index (κ2) is 11.7. The first kappa shape index (κ1) is 21.4. The lowest BCUT2D eigenvalue weighted by atomic mass is 10.4. The highest BCUT2D eigenvalue weighted by Gasteiger charge is 2.04. The largest absolute Gasteiger partial charge is 0.366 e. The Bertz CT molecular complexity index is 801. The summed E-state index contributed by atoms with van der Waals surface area (Å²) in [5.74, 6) is 3.50. The molecular formula is C15H22N6O3S3. The number of thioether (sulfide) groups is 2. The van der Waals surface area contributed by atoms with E-state index in [1.165, 1.54) is 0 Å². The molecule has 2 rings (SSSR count). The summed E-state index contributed by atoms with van der Waals surface area (Å²) in [5.41, 5.74) is 3.00. The number of rotatable bonds is 13. The number of aromatic nitrogens is 3. The molecule has 0 aliphatic heterocycles. The predicted octanol–water partition coefficient (Wildman–Crippen LogP) is 1.89. The Kier molecular flexibility index (Phi) is 9.28. The standard InChI is InChI=1S/C15H22N6O3S3/c1-11-13(19-10-18-11)9-26-5-3-17-14(6-21(23)24)16-2-4-25-7-12-8-27-15(22)20-12/h6,8,10,16-17H,2-5,7,9H2,1H3,(H,18,19)(H,20,22). The zero-order valence-corrected chi connectivity index (χ0v) is 17.3. The lowest BCUT2D eigenvalue weighted by molar-refractivity contribution is -0.404. The van der Waals surface area contributed by atoms with Crippen molar-refractivity contribution >= 4 is 34.9 Å². The number of imidazole rings is 1. The van der Waals surface area contributed by atoms with Crippen LogP contribution in [0.15, 0.2) is 28.5 Å². The van der Waals surface area contributed by atoms with Crippen LogP contribution in [0.4, 0.5) is 0 Å². The zero-order chi connectivity index (χ0) is 19.5. The van der Waals surface area contributed by atoms with Gasteiger partial charge < -0.3 is 20.6 Å². The van der Waals surface area contributed by atoms with Gasteiger partial charge in [-0.15, -0.1) is 0 Å². The van der Waals surface area contributed by atoms with Crippen LogP contribution in [-0.2, 0) is 11.5 Å². The van der Waals surface area contributed by atoms with E-state index in [-0.39, 0.29) is 4.87 Å². The van der Waals surface area contributed by atoms with Crippen LogP contribution in [0, 0.1) is 17.0 Å². The number of aryl methyl sites for hydroxylation is 1. The minimum Gasteiger partial charge on any atom is -0.366 e. The summed E-state index contributed by atoms with van der Waals surface area (Å²) >= 11 is 4.51. The lowest BCUT2D eigenvalue weighted by Crippen LogP contribution is -2.30. The van der Waals surface area contributed by atoms with E-state index >= 15 is 0 Å². The average molecular weight is 431 g/mol. The molecule has 0 saturated heterocycles. The number of aromatic amines is 2. The summed E-state index contributed by atoms with van der Waals surface area (Å²) in [4.78, 5) is 31.3. The minimum absolute atomic E-state index is 0.0514. The van der Waals surface area contributed by atoms with Crippen molar-refractivity contribution in [3.05, 3.63) is 60.6 Å². The Labute approximate surface area is 169 Å². The monoisotopic (exact) mass is 430 g/mol. The van der Waals surface area contributed by atoms with Gasteiger partial charge in [-0.3, -0.25) is 14.9 Å². The van der Waals surface area contributed by atoms with Crippen molar-refractivity contribution in [1.82, 2.24) is 25.6 Å². The van der Waals surface area contributed by atoms with Crippen LogP contribution in [-0.4, -0.2) is 44.5 Å². The normalized spacial score (nSPS) is 11.5. The van der Waals surface area contributed by atoms with Crippen LogP contribution in [0.1, 0.15) is 17.1 Å². The Hall–Kier alpha value is -1.92. The van der Waals surface area contributed by atoms with Gasteiger partial charge in [0.1, 0.15) is 0 Å². The molecule has 9 nitrogen and oxygen atoms in total. The SMILES string of the molecule is Cc1[nH]cnc1CSCCNC(=C[N+](=O)[O-])NCCSCc1csc(=O)[nH]1. The lowest BCUT2D eigenvalue weighted by Gasteiger charge is -2.11. The van der Waals surface area contributed by atoms with E-state index in [0.717, 1.165) is 51.9 Å². The fraction of sp³-hybridized carbons (Fsp3) is 0.467. The van der Waals surface area contributed by atoms with Gasteiger partial charge in [0.15, 0.2) is 5.82 Å². The maximum atomic E-state index is 11.1. The number of nitro groups is 1. The number of thiazole rings is 1. The molecule has 2 aromatic heterocycles. The van der Waals surface area contributed by atoms with Crippen molar-refractivity contribution < 1.29 is 4.92 Å².